The van der Waals surface area contributed by atoms with E-state index in [0.717, 1.165) is 9.87 Å². The van der Waals surface area contributed by atoms with Crippen LogP contribution in [0.5, 0.6) is 5.75 Å². The van der Waals surface area contributed by atoms with Gasteiger partial charge in [-0.25, -0.2) is 8.42 Å². The fraction of sp³-hybridized carbons (Fsp3) is 0.136. The number of aryl methyl sites for hydroxylation is 1. The molecular weight excluding hydrogens is 424 g/mol. The lowest BCUT2D eigenvalue weighted by atomic mass is 10.2. The van der Waals surface area contributed by atoms with Crippen LogP contribution in [-0.4, -0.2) is 28.0 Å². The molecular formula is C22H21ClN2O4S. The third-order valence-corrected chi connectivity index (χ3v) is 6.48. The maximum atomic E-state index is 13.3. The van der Waals surface area contributed by atoms with Crippen molar-refractivity contribution in [3.05, 3.63) is 83.4 Å². The van der Waals surface area contributed by atoms with Gasteiger partial charge in [-0.05, 0) is 61.0 Å². The number of nitrogens with one attached hydrogen (secondary N) is 1. The molecule has 3 rings (SSSR count). The van der Waals surface area contributed by atoms with Crippen molar-refractivity contribution in [3.8, 4) is 5.75 Å². The summed E-state index contributed by atoms with van der Waals surface area (Å²) in [6, 6.07) is 19.6. The molecule has 1 amide bonds. The highest BCUT2D eigenvalue weighted by molar-refractivity contribution is 7.92. The van der Waals surface area contributed by atoms with Crippen LogP contribution in [0.1, 0.15) is 5.56 Å². The number of carbonyl (C=O) groups is 1. The number of sulfonamides is 1. The van der Waals surface area contributed by atoms with E-state index >= 15 is 0 Å². The van der Waals surface area contributed by atoms with Crippen molar-refractivity contribution in [1.29, 1.82) is 0 Å². The van der Waals surface area contributed by atoms with Gasteiger partial charge in [0.15, 0.2) is 0 Å². The minimum Gasteiger partial charge on any atom is -0.497 e. The highest BCUT2D eigenvalue weighted by Crippen LogP contribution is 2.27. The van der Waals surface area contributed by atoms with E-state index in [1.165, 1.54) is 19.2 Å². The second-order valence-electron chi connectivity index (χ2n) is 6.55. The Hall–Kier alpha value is -3.03. The smallest absolute Gasteiger partial charge is 0.264 e. The molecule has 0 heterocycles. The van der Waals surface area contributed by atoms with Crippen LogP contribution in [0.25, 0.3) is 0 Å². The SMILES string of the molecule is COc1ccc(N(CC(=O)Nc2ccc(C)cc2Cl)S(=O)(=O)c2ccccc2)cc1. The molecule has 156 valence electrons. The van der Waals surface area contributed by atoms with E-state index in [4.69, 9.17) is 16.3 Å². The number of ether oxygens (including phenoxy) is 1. The average Bonchev–Trinajstić information content (AvgIpc) is 2.75. The summed E-state index contributed by atoms with van der Waals surface area (Å²) < 4.78 is 32.7. The Balaban J connectivity index is 1.93. The first-order valence-electron chi connectivity index (χ1n) is 9.09. The van der Waals surface area contributed by atoms with Crippen LogP contribution < -0.4 is 14.4 Å². The van der Waals surface area contributed by atoms with E-state index in [-0.39, 0.29) is 4.90 Å². The number of halogens is 1. The fourth-order valence-corrected chi connectivity index (χ4v) is 4.55. The van der Waals surface area contributed by atoms with E-state index in [1.807, 2.05) is 13.0 Å². The summed E-state index contributed by atoms with van der Waals surface area (Å²) in [6.45, 7) is 1.46. The maximum absolute atomic E-state index is 13.3. The number of rotatable bonds is 7. The summed E-state index contributed by atoms with van der Waals surface area (Å²) in [6.07, 6.45) is 0. The van der Waals surface area contributed by atoms with Crippen molar-refractivity contribution in [3.63, 3.8) is 0 Å². The highest BCUT2D eigenvalue weighted by Gasteiger charge is 2.27. The van der Waals surface area contributed by atoms with E-state index in [1.54, 1.807) is 54.6 Å². The van der Waals surface area contributed by atoms with Crippen LogP contribution in [0.4, 0.5) is 11.4 Å². The van der Waals surface area contributed by atoms with Crippen LogP contribution in [0.2, 0.25) is 5.02 Å². The normalized spacial score (nSPS) is 11.0. The third-order valence-electron chi connectivity index (χ3n) is 4.38. The van der Waals surface area contributed by atoms with Gasteiger partial charge in [0.25, 0.3) is 10.0 Å². The van der Waals surface area contributed by atoms with Crippen LogP contribution in [0.15, 0.2) is 77.7 Å². The summed E-state index contributed by atoms with van der Waals surface area (Å²) in [4.78, 5) is 12.8. The molecule has 0 bridgehead atoms. The molecule has 0 aliphatic rings. The average molecular weight is 445 g/mol. The van der Waals surface area contributed by atoms with Gasteiger partial charge < -0.3 is 10.1 Å². The molecule has 0 aliphatic carbocycles. The topological polar surface area (TPSA) is 75.7 Å². The Kier molecular flexibility index (Phi) is 6.64. The first-order valence-corrected chi connectivity index (χ1v) is 10.9. The summed E-state index contributed by atoms with van der Waals surface area (Å²) >= 11 is 6.19. The van der Waals surface area contributed by atoms with Gasteiger partial charge in [0.05, 0.1) is 28.4 Å². The van der Waals surface area contributed by atoms with Gasteiger partial charge in [0.1, 0.15) is 12.3 Å². The van der Waals surface area contributed by atoms with Crippen molar-refractivity contribution >= 4 is 38.9 Å². The Morgan fingerprint density at radius 2 is 1.70 bits per heavy atom. The monoisotopic (exact) mass is 444 g/mol. The standard InChI is InChI=1S/C22H21ClN2O4S/c1-16-8-13-21(20(23)14-16)24-22(26)15-25(17-9-11-18(29-2)12-10-17)30(27,28)19-6-4-3-5-7-19/h3-14H,15H2,1-2H3,(H,24,26). The molecule has 0 unspecified atom stereocenters. The number of methoxy groups -OCH3 is 1. The zero-order valence-electron chi connectivity index (χ0n) is 16.5. The van der Waals surface area contributed by atoms with Crippen molar-refractivity contribution in [1.82, 2.24) is 0 Å². The van der Waals surface area contributed by atoms with E-state index in [9.17, 15) is 13.2 Å². The first-order chi connectivity index (χ1) is 14.3. The van der Waals surface area contributed by atoms with Gasteiger partial charge in [-0.15, -0.1) is 0 Å². The fourth-order valence-electron chi connectivity index (χ4n) is 2.82. The molecule has 1 N–H and O–H groups in total. The Morgan fingerprint density at radius 3 is 2.30 bits per heavy atom. The van der Waals surface area contributed by atoms with Crippen LogP contribution >= 0.6 is 11.6 Å². The summed E-state index contributed by atoms with van der Waals surface area (Å²) in [5, 5.41) is 3.06. The summed E-state index contributed by atoms with van der Waals surface area (Å²) in [5.41, 5.74) is 1.70. The third kappa shape index (κ3) is 4.93. The van der Waals surface area contributed by atoms with Gasteiger partial charge in [-0.2, -0.15) is 0 Å². The van der Waals surface area contributed by atoms with Crippen molar-refractivity contribution in [2.75, 3.05) is 23.3 Å². The summed E-state index contributed by atoms with van der Waals surface area (Å²) in [7, 11) is -2.46. The zero-order chi connectivity index (χ0) is 21.7. The molecule has 3 aromatic carbocycles. The molecule has 0 saturated heterocycles. The molecule has 0 aliphatic heterocycles. The lowest BCUT2D eigenvalue weighted by molar-refractivity contribution is -0.114. The molecule has 6 nitrogen and oxygen atoms in total. The molecule has 0 atom stereocenters. The summed E-state index contributed by atoms with van der Waals surface area (Å²) in [5.74, 6) is 0.0581. The second kappa shape index (κ2) is 9.19. The van der Waals surface area contributed by atoms with Gasteiger partial charge in [0.2, 0.25) is 5.91 Å². The van der Waals surface area contributed by atoms with E-state index < -0.39 is 22.5 Å². The quantitative estimate of drug-likeness (QED) is 0.582. The van der Waals surface area contributed by atoms with Crippen LogP contribution in [-0.2, 0) is 14.8 Å². The van der Waals surface area contributed by atoms with Crippen LogP contribution in [0.3, 0.4) is 0 Å². The maximum Gasteiger partial charge on any atom is 0.264 e. The molecule has 0 fully saturated rings. The largest absolute Gasteiger partial charge is 0.497 e. The molecule has 0 spiro atoms. The molecule has 0 saturated carbocycles. The van der Waals surface area contributed by atoms with Crippen molar-refractivity contribution in [2.45, 2.75) is 11.8 Å². The molecule has 8 heteroatoms. The minimum atomic E-state index is -3.98. The Bertz CT molecular complexity index is 1130. The van der Waals surface area contributed by atoms with Crippen molar-refractivity contribution < 1.29 is 17.9 Å². The first kappa shape index (κ1) is 21.7. The van der Waals surface area contributed by atoms with Gasteiger partial charge in [-0.1, -0.05) is 35.9 Å². The number of amides is 1. The number of nitrogens with zero attached hydrogens (tertiary/aromatic N) is 1. The molecule has 30 heavy (non-hydrogen) atoms. The van der Waals surface area contributed by atoms with Gasteiger partial charge in [-0.3, -0.25) is 9.10 Å². The molecule has 0 radical (unpaired) electrons. The predicted octanol–water partition coefficient (Wildman–Crippen LogP) is 4.49. The Labute approximate surface area is 181 Å². The van der Waals surface area contributed by atoms with Gasteiger partial charge in [0, 0.05) is 0 Å². The van der Waals surface area contributed by atoms with E-state index in [0.29, 0.717) is 22.1 Å². The second-order valence-corrected chi connectivity index (χ2v) is 8.82. The van der Waals surface area contributed by atoms with Crippen LogP contribution in [0, 0.1) is 6.92 Å². The molecule has 3 aromatic rings. The number of carbonyl (C=O) groups excluding carboxylic acids is 1. The highest BCUT2D eigenvalue weighted by atomic mass is 35.5. The number of hydrogen-bond acceptors (Lipinski definition) is 4. The number of anilines is 2. The van der Waals surface area contributed by atoms with Crippen molar-refractivity contribution in [2.24, 2.45) is 0 Å². The molecule has 0 aromatic heterocycles. The van der Waals surface area contributed by atoms with Gasteiger partial charge >= 0.3 is 0 Å². The van der Waals surface area contributed by atoms with E-state index in [2.05, 4.69) is 5.32 Å². The Morgan fingerprint density at radius 1 is 1.03 bits per heavy atom. The predicted molar refractivity (Wildman–Crippen MR) is 119 cm³/mol. The number of benzene rings is 3. The minimum absolute atomic E-state index is 0.0852. The lowest BCUT2D eigenvalue weighted by Crippen LogP contribution is -2.38. The number of hydrogen-bond donors (Lipinski definition) is 1. The lowest BCUT2D eigenvalue weighted by Gasteiger charge is -2.24. The zero-order valence-corrected chi connectivity index (χ0v) is 18.1.